The number of carbonyl (C=O) groups excluding carboxylic acids is 2. The molecule has 84 valence electrons. The summed E-state index contributed by atoms with van der Waals surface area (Å²) in [6.07, 6.45) is 1.79. The van der Waals surface area contributed by atoms with Gasteiger partial charge in [0.05, 0.1) is 12.3 Å². The highest BCUT2D eigenvalue weighted by Crippen LogP contribution is 2.16. The Kier molecular flexibility index (Phi) is 3.09. The number of amides is 1. The van der Waals surface area contributed by atoms with Gasteiger partial charge in [-0.1, -0.05) is 0 Å². The predicted molar refractivity (Wildman–Crippen MR) is 60.3 cm³/mol. The van der Waals surface area contributed by atoms with Crippen molar-refractivity contribution in [3.8, 4) is 0 Å². The average molecular weight is 238 g/mol. The van der Waals surface area contributed by atoms with E-state index in [1.165, 1.54) is 6.26 Å². The third-order valence-corrected chi connectivity index (χ3v) is 2.76. The number of hydrogen-bond donors (Lipinski definition) is 1. The van der Waals surface area contributed by atoms with E-state index < -0.39 is 0 Å². The molecular weight excluding hydrogens is 228 g/mol. The highest BCUT2D eigenvalue weighted by atomic mass is 32.2. The molecule has 0 bridgehead atoms. The summed E-state index contributed by atoms with van der Waals surface area (Å²) in [6, 6.07) is 3.13. The van der Waals surface area contributed by atoms with Crippen molar-refractivity contribution in [3.63, 3.8) is 0 Å². The summed E-state index contributed by atoms with van der Waals surface area (Å²) in [7, 11) is 0. The fourth-order valence-corrected chi connectivity index (χ4v) is 2.09. The molecule has 1 atom stereocenters. The Labute approximate surface area is 96.3 Å². The summed E-state index contributed by atoms with van der Waals surface area (Å²) in [5, 5.41) is 2.62. The monoisotopic (exact) mass is 238 g/mol. The van der Waals surface area contributed by atoms with Crippen LogP contribution >= 0.6 is 11.8 Å². The standard InChI is InChI=1S/C10H10N2O3S/c1-6-5-8(13)12-10(11-6)16-9(14)7-3-2-4-15-7/h2-4,6H,5H2,1H3,(H,11,12,13). The van der Waals surface area contributed by atoms with Crippen molar-refractivity contribution >= 4 is 28.0 Å². The van der Waals surface area contributed by atoms with Gasteiger partial charge in [-0.2, -0.15) is 0 Å². The van der Waals surface area contributed by atoms with Crippen LogP contribution in [0, 0.1) is 0 Å². The topological polar surface area (TPSA) is 71.7 Å². The van der Waals surface area contributed by atoms with Gasteiger partial charge in [0.25, 0.3) is 5.12 Å². The van der Waals surface area contributed by atoms with Gasteiger partial charge >= 0.3 is 0 Å². The van der Waals surface area contributed by atoms with Gasteiger partial charge in [0.15, 0.2) is 10.9 Å². The lowest BCUT2D eigenvalue weighted by Gasteiger charge is -2.16. The lowest BCUT2D eigenvalue weighted by Crippen LogP contribution is -2.36. The Morgan fingerprint density at radius 1 is 1.69 bits per heavy atom. The summed E-state index contributed by atoms with van der Waals surface area (Å²) in [6.45, 7) is 1.83. The van der Waals surface area contributed by atoms with Gasteiger partial charge in [0, 0.05) is 6.42 Å². The number of nitrogens with one attached hydrogen (secondary N) is 1. The summed E-state index contributed by atoms with van der Waals surface area (Å²) >= 11 is 0.871. The van der Waals surface area contributed by atoms with E-state index in [1.54, 1.807) is 12.1 Å². The van der Waals surface area contributed by atoms with Gasteiger partial charge in [-0.15, -0.1) is 0 Å². The van der Waals surface area contributed by atoms with E-state index in [2.05, 4.69) is 10.3 Å². The number of rotatable bonds is 1. The van der Waals surface area contributed by atoms with E-state index in [0.29, 0.717) is 11.6 Å². The number of nitrogens with zero attached hydrogens (tertiary/aromatic N) is 1. The van der Waals surface area contributed by atoms with Gasteiger partial charge in [-0.05, 0) is 30.8 Å². The van der Waals surface area contributed by atoms with Crippen LogP contribution in [-0.2, 0) is 4.79 Å². The minimum atomic E-state index is -0.266. The zero-order valence-corrected chi connectivity index (χ0v) is 9.41. The molecule has 1 unspecified atom stereocenters. The van der Waals surface area contributed by atoms with Crippen molar-refractivity contribution < 1.29 is 14.0 Å². The molecule has 16 heavy (non-hydrogen) atoms. The van der Waals surface area contributed by atoms with Gasteiger partial charge in [0.1, 0.15) is 0 Å². The largest absolute Gasteiger partial charge is 0.460 e. The minimum Gasteiger partial charge on any atom is -0.460 e. The predicted octanol–water partition coefficient (Wildman–Crippen LogP) is 1.42. The number of aliphatic imine (C=N–C) groups is 1. The van der Waals surface area contributed by atoms with Gasteiger partial charge in [0.2, 0.25) is 5.91 Å². The van der Waals surface area contributed by atoms with Crippen LogP contribution in [0.1, 0.15) is 23.9 Å². The molecule has 0 aromatic carbocycles. The number of hydrogen-bond acceptors (Lipinski definition) is 5. The fourth-order valence-electron chi connectivity index (χ4n) is 1.30. The summed E-state index contributed by atoms with van der Waals surface area (Å²) in [4.78, 5) is 27.0. The molecule has 1 amide bonds. The summed E-state index contributed by atoms with van der Waals surface area (Å²) in [5.74, 6) is 0.137. The first-order valence-corrected chi connectivity index (χ1v) is 5.60. The van der Waals surface area contributed by atoms with E-state index in [-0.39, 0.29) is 22.8 Å². The molecule has 5 nitrogen and oxygen atoms in total. The van der Waals surface area contributed by atoms with Crippen LogP contribution in [0.4, 0.5) is 0 Å². The van der Waals surface area contributed by atoms with Crippen molar-refractivity contribution in [2.24, 2.45) is 4.99 Å². The highest BCUT2D eigenvalue weighted by Gasteiger charge is 2.21. The molecule has 1 N–H and O–H groups in total. The number of thioether (sulfide) groups is 1. The molecule has 0 radical (unpaired) electrons. The minimum absolute atomic E-state index is 0.0827. The SMILES string of the molecule is CC1CC(=O)NC(SC(=O)c2ccco2)=N1. The second kappa shape index (κ2) is 4.52. The molecule has 0 fully saturated rings. The van der Waals surface area contributed by atoms with Crippen molar-refractivity contribution in [2.75, 3.05) is 0 Å². The Hall–Kier alpha value is -1.56. The molecule has 1 aliphatic rings. The number of amidine groups is 1. The lowest BCUT2D eigenvalue weighted by molar-refractivity contribution is -0.120. The highest BCUT2D eigenvalue weighted by molar-refractivity contribution is 8.26. The van der Waals surface area contributed by atoms with E-state index in [9.17, 15) is 9.59 Å². The third kappa shape index (κ3) is 2.52. The maximum absolute atomic E-state index is 11.6. The molecule has 2 rings (SSSR count). The first-order valence-electron chi connectivity index (χ1n) is 4.78. The van der Waals surface area contributed by atoms with Crippen LogP contribution in [0.5, 0.6) is 0 Å². The van der Waals surface area contributed by atoms with Crippen LogP contribution in [-0.4, -0.2) is 22.2 Å². The fraction of sp³-hybridized carbons (Fsp3) is 0.300. The Balaban J connectivity index is 2.05. The second-order valence-corrected chi connectivity index (χ2v) is 4.36. The normalized spacial score (nSPS) is 20.2. The zero-order chi connectivity index (χ0) is 11.5. The summed E-state index contributed by atoms with van der Waals surface area (Å²) < 4.78 is 4.95. The molecule has 0 saturated heterocycles. The van der Waals surface area contributed by atoms with Crippen molar-refractivity contribution in [3.05, 3.63) is 24.2 Å². The molecule has 0 saturated carbocycles. The lowest BCUT2D eigenvalue weighted by atomic mass is 10.2. The first-order chi connectivity index (χ1) is 7.65. The average Bonchev–Trinajstić information content (AvgIpc) is 2.68. The Morgan fingerprint density at radius 2 is 2.50 bits per heavy atom. The molecule has 1 aliphatic heterocycles. The Morgan fingerprint density at radius 3 is 3.12 bits per heavy atom. The number of carbonyl (C=O) groups is 2. The quantitative estimate of drug-likeness (QED) is 0.803. The molecule has 0 spiro atoms. The van der Waals surface area contributed by atoms with Gasteiger partial charge in [-0.25, -0.2) is 0 Å². The molecule has 6 heteroatoms. The van der Waals surface area contributed by atoms with Gasteiger partial charge in [-0.3, -0.25) is 14.6 Å². The molecule has 1 aromatic rings. The smallest absolute Gasteiger partial charge is 0.262 e. The maximum atomic E-state index is 11.6. The van der Waals surface area contributed by atoms with Crippen LogP contribution in [0.15, 0.2) is 27.8 Å². The van der Waals surface area contributed by atoms with Crippen LogP contribution in [0.2, 0.25) is 0 Å². The van der Waals surface area contributed by atoms with Crippen LogP contribution in [0.25, 0.3) is 0 Å². The Bertz CT molecular complexity index is 439. The number of furan rings is 1. The van der Waals surface area contributed by atoms with E-state index in [1.807, 2.05) is 6.92 Å². The van der Waals surface area contributed by atoms with E-state index in [4.69, 9.17) is 4.42 Å². The molecule has 2 heterocycles. The molecule has 1 aromatic heterocycles. The first kappa shape index (κ1) is 10.9. The zero-order valence-electron chi connectivity index (χ0n) is 8.60. The van der Waals surface area contributed by atoms with E-state index in [0.717, 1.165) is 11.8 Å². The third-order valence-electron chi connectivity index (χ3n) is 1.98. The van der Waals surface area contributed by atoms with Crippen LogP contribution in [0.3, 0.4) is 0 Å². The molecular formula is C10H10N2O3S. The van der Waals surface area contributed by atoms with Crippen molar-refractivity contribution in [2.45, 2.75) is 19.4 Å². The van der Waals surface area contributed by atoms with Gasteiger partial charge < -0.3 is 9.73 Å². The van der Waals surface area contributed by atoms with Crippen molar-refractivity contribution in [1.29, 1.82) is 0 Å². The molecule has 0 aliphatic carbocycles. The van der Waals surface area contributed by atoms with E-state index >= 15 is 0 Å². The van der Waals surface area contributed by atoms with Crippen LogP contribution < -0.4 is 5.32 Å². The second-order valence-electron chi connectivity index (χ2n) is 3.40. The van der Waals surface area contributed by atoms with Crippen molar-refractivity contribution in [1.82, 2.24) is 5.32 Å². The maximum Gasteiger partial charge on any atom is 0.262 e. The summed E-state index contributed by atoms with van der Waals surface area (Å²) in [5.41, 5.74) is 0.